The lowest BCUT2D eigenvalue weighted by Gasteiger charge is -2.46. The number of aryl methyl sites for hydroxylation is 1. The van der Waals surface area contributed by atoms with E-state index in [-0.39, 0.29) is 17.5 Å². The molecule has 89 heavy (non-hydrogen) atoms. The van der Waals surface area contributed by atoms with E-state index in [0.29, 0.717) is 0 Å². The number of benzene rings is 12. The number of nitrogens with zero attached hydrogens (tertiary/aromatic N) is 4. The zero-order valence-corrected chi connectivity index (χ0v) is 51.9. The van der Waals surface area contributed by atoms with Gasteiger partial charge in [0.2, 0.25) is 0 Å². The lowest BCUT2D eigenvalue weighted by Crippen LogP contribution is -2.61. The van der Waals surface area contributed by atoms with Gasteiger partial charge in [-0.2, -0.15) is 0 Å². The van der Waals surface area contributed by atoms with Crippen LogP contribution in [-0.2, 0) is 17.3 Å². The second-order valence-electron chi connectivity index (χ2n) is 26.7. The number of hydrogen-bond acceptors (Lipinski definition) is 2. The van der Waals surface area contributed by atoms with Crippen molar-refractivity contribution >= 4 is 101 Å². The lowest BCUT2D eigenvalue weighted by atomic mass is 9.33. The van der Waals surface area contributed by atoms with Crippen molar-refractivity contribution < 1.29 is 0 Å². The Morgan fingerprint density at radius 1 is 0.337 bits per heavy atom. The van der Waals surface area contributed by atoms with Gasteiger partial charge in [0.1, 0.15) is 0 Å². The summed E-state index contributed by atoms with van der Waals surface area (Å²) < 4.78 is 5.00. The summed E-state index contributed by atoms with van der Waals surface area (Å²) in [5.41, 5.74) is 28.6. The van der Waals surface area contributed by atoms with Crippen molar-refractivity contribution in [3.8, 4) is 44.8 Å². The fraction of sp³-hybridized carbons (Fsp3) is 0.143. The Hall–Kier alpha value is -10.1. The summed E-state index contributed by atoms with van der Waals surface area (Å²) in [4.78, 5) is 5.46. The van der Waals surface area contributed by atoms with Crippen LogP contribution in [0.4, 0.5) is 34.1 Å². The van der Waals surface area contributed by atoms with Crippen molar-refractivity contribution in [2.45, 2.75) is 78.6 Å². The maximum absolute atomic E-state index is 2.74. The van der Waals surface area contributed by atoms with Gasteiger partial charge in [0.25, 0.3) is 6.71 Å². The van der Waals surface area contributed by atoms with Crippen molar-refractivity contribution in [2.24, 2.45) is 0 Å². The highest BCUT2D eigenvalue weighted by Crippen LogP contribution is 2.54. The Labute approximate surface area is 523 Å². The van der Waals surface area contributed by atoms with Gasteiger partial charge in [-0.3, -0.25) is 0 Å². The van der Waals surface area contributed by atoms with E-state index >= 15 is 0 Å². The normalized spacial score (nSPS) is 13.0. The van der Waals surface area contributed by atoms with Crippen LogP contribution in [0.1, 0.15) is 78.0 Å². The summed E-state index contributed by atoms with van der Waals surface area (Å²) in [5, 5.41) is 4.98. The van der Waals surface area contributed by atoms with Gasteiger partial charge in [-0.1, -0.05) is 249 Å². The molecule has 0 fully saturated rings. The number of hydrogen-bond donors (Lipinski definition) is 0. The smallest absolute Gasteiger partial charge is 0.252 e. The number of aromatic nitrogens is 2. The minimum absolute atomic E-state index is 0.157. The van der Waals surface area contributed by atoms with E-state index in [1.807, 2.05) is 0 Å². The number of para-hydroxylation sites is 5. The molecular weight excluding hydrogens is 1080 g/mol. The van der Waals surface area contributed by atoms with Gasteiger partial charge in [0, 0.05) is 72.4 Å². The van der Waals surface area contributed by atoms with Crippen molar-refractivity contribution in [2.75, 3.05) is 9.80 Å². The fourth-order valence-electron chi connectivity index (χ4n) is 14.8. The number of rotatable bonds is 10. The highest BCUT2D eigenvalue weighted by Gasteiger charge is 2.46. The molecule has 0 saturated carbocycles. The molecule has 0 saturated heterocycles. The van der Waals surface area contributed by atoms with Crippen molar-refractivity contribution in [1.29, 1.82) is 0 Å². The van der Waals surface area contributed by atoms with Crippen molar-refractivity contribution in [1.82, 2.24) is 9.13 Å². The van der Waals surface area contributed by atoms with Crippen LogP contribution >= 0.6 is 0 Å². The van der Waals surface area contributed by atoms with E-state index in [2.05, 4.69) is 334 Å². The number of unbranched alkanes of at least 4 members (excludes halogenated alkanes) is 1. The molecule has 0 spiro atoms. The summed E-state index contributed by atoms with van der Waals surface area (Å²) in [6.45, 7) is 16.4. The molecule has 0 bridgehead atoms. The van der Waals surface area contributed by atoms with E-state index < -0.39 is 0 Å². The monoisotopic (exact) mass is 1150 g/mol. The van der Waals surface area contributed by atoms with Crippen LogP contribution in [0.2, 0.25) is 0 Å². The quantitative estimate of drug-likeness (QED) is 0.127. The van der Waals surface area contributed by atoms with Gasteiger partial charge in [-0.15, -0.1) is 0 Å². The Balaban J connectivity index is 1.09. The highest BCUT2D eigenvalue weighted by atomic mass is 15.2. The maximum atomic E-state index is 2.74. The van der Waals surface area contributed by atoms with Gasteiger partial charge < -0.3 is 18.9 Å². The van der Waals surface area contributed by atoms with E-state index in [4.69, 9.17) is 0 Å². The Morgan fingerprint density at radius 2 is 0.719 bits per heavy atom. The molecule has 2 aliphatic heterocycles. The van der Waals surface area contributed by atoms with Crippen LogP contribution < -0.4 is 26.2 Å². The van der Waals surface area contributed by atoms with E-state index in [0.717, 1.165) is 42.0 Å². The summed E-state index contributed by atoms with van der Waals surface area (Å²) in [6.07, 6.45) is 3.10. The molecular formula is C84H71BN4. The summed E-state index contributed by atoms with van der Waals surface area (Å²) >= 11 is 0. The van der Waals surface area contributed by atoms with Crippen molar-refractivity contribution in [3.63, 3.8) is 0 Å². The van der Waals surface area contributed by atoms with Crippen LogP contribution in [0, 0.1) is 0 Å². The van der Waals surface area contributed by atoms with Crippen LogP contribution in [0.3, 0.4) is 0 Å². The summed E-state index contributed by atoms with van der Waals surface area (Å²) in [7, 11) is 0. The van der Waals surface area contributed by atoms with Gasteiger partial charge >= 0.3 is 0 Å². The van der Waals surface area contributed by atoms with Gasteiger partial charge in [-0.05, 0) is 146 Å². The standard InChI is InChI=1S/C84H71BN4/c1-8-9-28-58-35-27-40-63(55-29-13-10-14-30-55)81(58)88-76-53-61(86-72-41-23-19-36-64(72)65-37-20-24-42-73(65)86)45-47-70(76)85-71-48-46-62(87-74-43-25-21-38-66(74)67-39-22-26-44-75(67)87)54-77(71)89(79-52-60(84(5,6)7)51-78(88)80(79)85)82-68(56-31-15-11-16-32-56)49-59(83(2,3)4)50-69(82)57-33-17-12-18-34-57/h10-27,29-54H,8-9,28H2,1-7H3. The van der Waals surface area contributed by atoms with Crippen LogP contribution in [-0.4, -0.2) is 15.8 Å². The minimum atomic E-state index is -0.265. The predicted molar refractivity (Wildman–Crippen MR) is 381 cm³/mol. The van der Waals surface area contributed by atoms with Crippen LogP contribution in [0.25, 0.3) is 88.4 Å². The largest absolute Gasteiger partial charge is 0.310 e. The molecule has 2 aromatic heterocycles. The Kier molecular flexibility index (Phi) is 12.9. The van der Waals surface area contributed by atoms with Crippen molar-refractivity contribution in [3.05, 3.63) is 284 Å². The molecule has 0 radical (unpaired) electrons. The molecule has 0 N–H and O–H groups in total. The molecule has 0 unspecified atom stereocenters. The molecule has 4 nitrogen and oxygen atoms in total. The Bertz CT molecular complexity index is 4930. The van der Waals surface area contributed by atoms with E-state index in [1.54, 1.807) is 0 Å². The topological polar surface area (TPSA) is 16.3 Å². The second-order valence-corrected chi connectivity index (χ2v) is 26.7. The first-order valence-corrected chi connectivity index (χ1v) is 31.9. The molecule has 14 aromatic rings. The third-order valence-electron chi connectivity index (χ3n) is 19.2. The minimum Gasteiger partial charge on any atom is -0.310 e. The predicted octanol–water partition coefficient (Wildman–Crippen LogP) is 20.9. The van der Waals surface area contributed by atoms with E-state index in [9.17, 15) is 0 Å². The molecule has 0 amide bonds. The second kappa shape index (κ2) is 21.1. The molecule has 16 rings (SSSR count). The SMILES string of the molecule is CCCCc1cccc(-c2ccccc2)c1N1c2cc(-n3c4ccccc4c4ccccc43)ccc2B2c3ccc(-n4c5ccccc5c5ccccc54)cc3N(c3c(-c4ccccc4)cc(C(C)(C)C)cc3-c3ccccc3)c3cc(C(C)(C)C)cc1c32. The summed E-state index contributed by atoms with van der Waals surface area (Å²) in [5.74, 6) is 0. The van der Waals surface area contributed by atoms with Gasteiger partial charge in [0.15, 0.2) is 0 Å². The molecule has 5 heteroatoms. The first-order chi connectivity index (χ1) is 43.4. The third kappa shape index (κ3) is 8.80. The fourth-order valence-corrected chi connectivity index (χ4v) is 14.8. The number of fused-ring (bicyclic) bond motifs is 10. The maximum Gasteiger partial charge on any atom is 0.252 e. The average molecular weight is 1150 g/mol. The lowest BCUT2D eigenvalue weighted by molar-refractivity contribution is 0.590. The highest BCUT2D eigenvalue weighted by molar-refractivity contribution is 7.00. The molecule has 0 atom stereocenters. The zero-order valence-electron chi connectivity index (χ0n) is 51.9. The van der Waals surface area contributed by atoms with Crippen LogP contribution in [0.15, 0.2) is 267 Å². The zero-order chi connectivity index (χ0) is 60.3. The molecule has 0 aliphatic carbocycles. The molecule has 430 valence electrons. The summed E-state index contributed by atoms with van der Waals surface area (Å²) in [6, 6.07) is 101. The molecule has 2 aliphatic rings. The van der Waals surface area contributed by atoms with Gasteiger partial charge in [0.05, 0.1) is 33.4 Å². The molecule has 12 aromatic carbocycles. The third-order valence-corrected chi connectivity index (χ3v) is 19.2. The first kappa shape index (κ1) is 54.3. The van der Waals surface area contributed by atoms with E-state index in [1.165, 1.54) is 133 Å². The number of anilines is 6. The van der Waals surface area contributed by atoms with Gasteiger partial charge in [-0.25, -0.2) is 0 Å². The Morgan fingerprint density at radius 3 is 1.13 bits per heavy atom. The molecule has 4 heterocycles. The first-order valence-electron chi connectivity index (χ1n) is 31.9. The van der Waals surface area contributed by atoms with Crippen LogP contribution in [0.5, 0.6) is 0 Å². The average Bonchev–Trinajstić information content (AvgIpc) is 1.11.